The number of nitriles is 1. The predicted octanol–water partition coefficient (Wildman–Crippen LogP) is 3.14. The number of aromatic nitrogens is 2. The first-order valence-electron chi connectivity index (χ1n) is 5.78. The highest BCUT2D eigenvalue weighted by molar-refractivity contribution is 5.77. The van der Waals surface area contributed by atoms with Gasteiger partial charge in [0.25, 0.3) is 0 Å². The first kappa shape index (κ1) is 10.3. The number of nitrogens with zero attached hydrogens (tertiary/aromatic N) is 3. The van der Waals surface area contributed by atoms with E-state index in [1.165, 1.54) is 6.07 Å². The zero-order valence-corrected chi connectivity index (χ0v) is 9.52. The minimum atomic E-state index is -0.303. The number of rotatable bonds is 2. The number of hydrogen-bond acceptors (Lipinski definition) is 2. The van der Waals surface area contributed by atoms with Gasteiger partial charge in [-0.3, -0.25) is 0 Å². The van der Waals surface area contributed by atoms with E-state index in [-0.39, 0.29) is 11.7 Å². The van der Waals surface area contributed by atoms with E-state index in [4.69, 9.17) is 5.26 Å². The molecule has 4 heteroatoms. The van der Waals surface area contributed by atoms with E-state index in [9.17, 15) is 4.39 Å². The van der Waals surface area contributed by atoms with E-state index < -0.39 is 0 Å². The van der Waals surface area contributed by atoms with Crippen molar-refractivity contribution in [3.8, 4) is 6.07 Å². The molecule has 0 N–H and O–H groups in total. The van der Waals surface area contributed by atoms with Crippen LogP contribution in [0.15, 0.2) is 18.2 Å². The van der Waals surface area contributed by atoms with E-state index in [0.717, 1.165) is 12.8 Å². The molecule has 3 rings (SSSR count). The van der Waals surface area contributed by atoms with Gasteiger partial charge in [-0.05, 0) is 31.9 Å². The average Bonchev–Trinajstić information content (AvgIpc) is 3.09. The molecule has 3 nitrogen and oxygen atoms in total. The average molecular weight is 229 g/mol. The van der Waals surface area contributed by atoms with Crippen LogP contribution in [0, 0.1) is 17.1 Å². The summed E-state index contributed by atoms with van der Waals surface area (Å²) in [6, 6.07) is 7.40. The lowest BCUT2D eigenvalue weighted by molar-refractivity contribution is 0.615. The third kappa shape index (κ3) is 1.50. The molecule has 1 aromatic heterocycles. The second-order valence-corrected chi connectivity index (χ2v) is 4.53. The molecule has 1 heterocycles. The lowest BCUT2D eigenvalue weighted by Crippen LogP contribution is -2.04. The van der Waals surface area contributed by atoms with Crippen LogP contribution in [0.25, 0.3) is 11.0 Å². The van der Waals surface area contributed by atoms with E-state index >= 15 is 0 Å². The van der Waals surface area contributed by atoms with Crippen molar-refractivity contribution in [3.63, 3.8) is 0 Å². The summed E-state index contributed by atoms with van der Waals surface area (Å²) in [7, 11) is 0. The number of imidazole rings is 1. The molecule has 0 radical (unpaired) electrons. The molecule has 1 fully saturated rings. The molecule has 0 saturated heterocycles. The molecule has 1 unspecified atom stereocenters. The van der Waals surface area contributed by atoms with E-state index in [0.29, 0.717) is 22.9 Å². The van der Waals surface area contributed by atoms with Gasteiger partial charge in [0, 0.05) is 6.04 Å². The third-order valence-corrected chi connectivity index (χ3v) is 3.18. The van der Waals surface area contributed by atoms with Gasteiger partial charge in [-0.25, -0.2) is 9.37 Å². The molecular weight excluding hydrogens is 217 g/mol. The maximum atomic E-state index is 13.9. The summed E-state index contributed by atoms with van der Waals surface area (Å²) in [6.07, 6.45) is 2.09. The van der Waals surface area contributed by atoms with Crippen LogP contribution in [0.4, 0.5) is 4.39 Å². The Labute approximate surface area is 98.5 Å². The van der Waals surface area contributed by atoms with Crippen LogP contribution in [-0.4, -0.2) is 9.55 Å². The van der Waals surface area contributed by atoms with Crippen molar-refractivity contribution in [2.24, 2.45) is 0 Å². The molecular formula is C13H12FN3. The Hall–Kier alpha value is -1.89. The van der Waals surface area contributed by atoms with E-state index in [1.54, 1.807) is 19.1 Å². The highest BCUT2D eigenvalue weighted by atomic mass is 19.1. The topological polar surface area (TPSA) is 41.6 Å². The van der Waals surface area contributed by atoms with Crippen LogP contribution in [0.1, 0.15) is 37.5 Å². The summed E-state index contributed by atoms with van der Waals surface area (Å²) in [5.74, 6) is 0.135. The van der Waals surface area contributed by atoms with Gasteiger partial charge in [-0.1, -0.05) is 6.07 Å². The Kier molecular flexibility index (Phi) is 2.15. The molecule has 17 heavy (non-hydrogen) atoms. The maximum absolute atomic E-state index is 13.9. The van der Waals surface area contributed by atoms with Gasteiger partial charge in [0.1, 0.15) is 23.1 Å². The second-order valence-electron chi connectivity index (χ2n) is 4.53. The first-order valence-corrected chi connectivity index (χ1v) is 5.78. The number of para-hydroxylation sites is 1. The van der Waals surface area contributed by atoms with Crippen LogP contribution >= 0.6 is 0 Å². The third-order valence-electron chi connectivity index (χ3n) is 3.18. The largest absolute Gasteiger partial charge is 0.321 e. The second kappa shape index (κ2) is 3.56. The van der Waals surface area contributed by atoms with Crippen molar-refractivity contribution in [1.29, 1.82) is 5.26 Å². The van der Waals surface area contributed by atoms with Crippen molar-refractivity contribution in [2.45, 2.75) is 31.7 Å². The lowest BCUT2D eigenvalue weighted by Gasteiger charge is -2.08. The monoisotopic (exact) mass is 229 g/mol. The summed E-state index contributed by atoms with van der Waals surface area (Å²) in [6.45, 7) is 1.80. The number of halogens is 1. The number of hydrogen-bond donors (Lipinski definition) is 0. The van der Waals surface area contributed by atoms with Crippen LogP contribution in [0.2, 0.25) is 0 Å². The maximum Gasteiger partial charge on any atom is 0.149 e. The highest BCUT2D eigenvalue weighted by Gasteiger charge is 2.30. The predicted molar refractivity (Wildman–Crippen MR) is 62.0 cm³/mol. The minimum absolute atomic E-state index is 0.252. The summed E-state index contributed by atoms with van der Waals surface area (Å²) < 4.78 is 15.8. The molecule has 1 aromatic carbocycles. The van der Waals surface area contributed by atoms with Crippen molar-refractivity contribution in [3.05, 3.63) is 29.8 Å². The van der Waals surface area contributed by atoms with Gasteiger partial charge in [-0.15, -0.1) is 0 Å². The summed E-state index contributed by atoms with van der Waals surface area (Å²) in [5.41, 5.74) is 1.20. The van der Waals surface area contributed by atoms with Crippen molar-refractivity contribution in [1.82, 2.24) is 9.55 Å². The molecule has 1 aliphatic carbocycles. The quantitative estimate of drug-likeness (QED) is 0.793. The summed E-state index contributed by atoms with van der Waals surface area (Å²) in [5, 5.41) is 9.01. The first-order chi connectivity index (χ1) is 8.22. The fourth-order valence-electron chi connectivity index (χ4n) is 2.19. The molecule has 0 spiro atoms. The van der Waals surface area contributed by atoms with Crippen LogP contribution < -0.4 is 0 Å². The Balaban J connectivity index is 2.32. The Morgan fingerprint density at radius 1 is 1.53 bits per heavy atom. The van der Waals surface area contributed by atoms with Crippen LogP contribution in [0.3, 0.4) is 0 Å². The molecule has 0 bridgehead atoms. The minimum Gasteiger partial charge on any atom is -0.321 e. The zero-order chi connectivity index (χ0) is 12.0. The van der Waals surface area contributed by atoms with Crippen molar-refractivity contribution in [2.75, 3.05) is 0 Å². The van der Waals surface area contributed by atoms with Crippen molar-refractivity contribution >= 4 is 11.0 Å². The van der Waals surface area contributed by atoms with E-state index in [1.807, 2.05) is 4.57 Å². The summed E-state index contributed by atoms with van der Waals surface area (Å²) in [4.78, 5) is 4.41. The fourth-order valence-corrected chi connectivity index (χ4v) is 2.19. The molecule has 2 aromatic rings. The number of benzene rings is 1. The molecule has 86 valence electrons. The highest BCUT2D eigenvalue weighted by Crippen LogP contribution is 2.40. The Morgan fingerprint density at radius 2 is 2.29 bits per heavy atom. The van der Waals surface area contributed by atoms with Gasteiger partial charge in [0.05, 0.1) is 11.6 Å². The fraction of sp³-hybridized carbons (Fsp3) is 0.385. The zero-order valence-electron chi connectivity index (χ0n) is 9.52. The van der Waals surface area contributed by atoms with Gasteiger partial charge in [0.2, 0.25) is 0 Å². The standard InChI is InChI=1S/C13H12FN3/c1-8(7-15)13-16-11-4-2-3-10(14)12(11)17(13)9-5-6-9/h2-4,8-9H,5-6H2,1H3. The smallest absolute Gasteiger partial charge is 0.149 e. The SMILES string of the molecule is CC(C#N)c1nc2cccc(F)c2n1C1CC1. The molecule has 1 atom stereocenters. The normalized spacial score (nSPS) is 17.0. The summed E-state index contributed by atoms with van der Waals surface area (Å²) >= 11 is 0. The molecule has 0 amide bonds. The number of fused-ring (bicyclic) bond motifs is 1. The van der Waals surface area contributed by atoms with Gasteiger partial charge < -0.3 is 4.57 Å². The van der Waals surface area contributed by atoms with Crippen molar-refractivity contribution < 1.29 is 4.39 Å². The Morgan fingerprint density at radius 3 is 2.94 bits per heavy atom. The van der Waals surface area contributed by atoms with E-state index in [2.05, 4.69) is 11.1 Å². The lowest BCUT2D eigenvalue weighted by atomic mass is 10.2. The van der Waals surface area contributed by atoms with Gasteiger partial charge in [-0.2, -0.15) is 5.26 Å². The van der Waals surface area contributed by atoms with Gasteiger partial charge >= 0.3 is 0 Å². The van der Waals surface area contributed by atoms with Gasteiger partial charge in [0.15, 0.2) is 0 Å². The molecule has 1 saturated carbocycles. The Bertz CT molecular complexity index is 619. The molecule has 0 aliphatic heterocycles. The van der Waals surface area contributed by atoms with Crippen LogP contribution in [-0.2, 0) is 0 Å². The van der Waals surface area contributed by atoms with Crippen LogP contribution in [0.5, 0.6) is 0 Å². The molecule has 1 aliphatic rings.